The van der Waals surface area contributed by atoms with Gasteiger partial charge in [0.25, 0.3) is 5.91 Å². The predicted molar refractivity (Wildman–Crippen MR) is 83.3 cm³/mol. The molecule has 0 spiro atoms. The summed E-state index contributed by atoms with van der Waals surface area (Å²) in [5.74, 6) is -0.748. The van der Waals surface area contributed by atoms with Gasteiger partial charge in [0.15, 0.2) is 6.61 Å². The highest BCUT2D eigenvalue weighted by Crippen LogP contribution is 2.49. The Bertz CT molecular complexity index is 638. The van der Waals surface area contributed by atoms with E-state index in [1.807, 2.05) is 30.3 Å². The number of nitriles is 1. The molecular weight excluding hydrogens is 292 g/mol. The van der Waals surface area contributed by atoms with Crippen molar-refractivity contribution in [3.05, 3.63) is 35.9 Å². The molecule has 0 aliphatic heterocycles. The van der Waals surface area contributed by atoms with Crippen molar-refractivity contribution in [2.45, 2.75) is 49.5 Å². The zero-order valence-electron chi connectivity index (χ0n) is 13.0. The number of esters is 1. The Labute approximate surface area is 135 Å². The smallest absolute Gasteiger partial charge is 0.317 e. The molecule has 1 aromatic rings. The van der Waals surface area contributed by atoms with E-state index in [1.165, 1.54) is 0 Å². The van der Waals surface area contributed by atoms with Crippen LogP contribution in [0, 0.1) is 11.3 Å². The molecule has 1 aromatic carbocycles. The molecule has 0 bridgehead atoms. The third kappa shape index (κ3) is 3.07. The molecule has 23 heavy (non-hydrogen) atoms. The Hall–Kier alpha value is -2.35. The van der Waals surface area contributed by atoms with Crippen LogP contribution >= 0.6 is 0 Å². The van der Waals surface area contributed by atoms with Crippen molar-refractivity contribution in [2.75, 3.05) is 6.61 Å². The van der Waals surface area contributed by atoms with Gasteiger partial charge in [-0.3, -0.25) is 9.59 Å². The minimum atomic E-state index is -0.778. The highest BCUT2D eigenvalue weighted by Gasteiger charge is 2.52. The van der Waals surface area contributed by atoms with Gasteiger partial charge in [0.2, 0.25) is 0 Å². The second kappa shape index (κ2) is 6.04. The molecule has 3 rings (SSSR count). The second-order valence-electron chi connectivity index (χ2n) is 6.47. The highest BCUT2D eigenvalue weighted by atomic mass is 16.5. The van der Waals surface area contributed by atoms with Crippen molar-refractivity contribution in [1.82, 2.24) is 5.32 Å². The van der Waals surface area contributed by atoms with Gasteiger partial charge in [-0.2, -0.15) is 5.26 Å². The fraction of sp³-hybridized carbons (Fsp3) is 0.500. The van der Waals surface area contributed by atoms with Crippen LogP contribution < -0.4 is 5.32 Å². The Balaban J connectivity index is 1.55. The molecule has 120 valence electrons. The summed E-state index contributed by atoms with van der Waals surface area (Å²) >= 11 is 0. The maximum atomic E-state index is 12.4. The maximum Gasteiger partial charge on any atom is 0.317 e. The van der Waals surface area contributed by atoms with Crippen LogP contribution in [0.25, 0.3) is 0 Å². The van der Waals surface area contributed by atoms with Crippen molar-refractivity contribution in [1.29, 1.82) is 5.26 Å². The Morgan fingerprint density at radius 3 is 2.35 bits per heavy atom. The number of carbonyl (C=O) groups is 2. The van der Waals surface area contributed by atoms with Gasteiger partial charge in [-0.15, -0.1) is 0 Å². The first-order chi connectivity index (χ1) is 11.1. The van der Waals surface area contributed by atoms with Crippen LogP contribution in [-0.4, -0.2) is 24.0 Å². The molecule has 0 radical (unpaired) electrons. The standard InChI is InChI=1S/C18H20N2O3/c19-13-17(8-4-5-9-17)20-15(21)12-23-16(22)18(10-11-18)14-6-2-1-3-7-14/h1-3,6-7H,4-5,8-12H2,(H,20,21). The molecule has 2 aliphatic rings. The first-order valence-electron chi connectivity index (χ1n) is 8.05. The first-order valence-corrected chi connectivity index (χ1v) is 8.05. The van der Waals surface area contributed by atoms with Crippen molar-refractivity contribution in [3.8, 4) is 6.07 Å². The lowest BCUT2D eigenvalue weighted by atomic mass is 9.96. The summed E-state index contributed by atoms with van der Waals surface area (Å²) in [6, 6.07) is 11.7. The largest absolute Gasteiger partial charge is 0.455 e. The summed E-state index contributed by atoms with van der Waals surface area (Å²) in [4.78, 5) is 24.4. The summed E-state index contributed by atoms with van der Waals surface area (Å²) in [5.41, 5.74) is -0.420. The van der Waals surface area contributed by atoms with E-state index in [9.17, 15) is 14.9 Å². The third-order valence-electron chi connectivity index (χ3n) is 4.85. The lowest BCUT2D eigenvalue weighted by molar-refractivity contribution is -0.151. The average Bonchev–Trinajstić information content (AvgIpc) is 3.28. The molecule has 0 unspecified atom stereocenters. The number of hydrogen-bond donors (Lipinski definition) is 1. The number of ether oxygens (including phenoxy) is 1. The molecule has 5 nitrogen and oxygen atoms in total. The number of benzene rings is 1. The van der Waals surface area contributed by atoms with Gasteiger partial charge in [0.1, 0.15) is 5.54 Å². The number of nitrogens with zero attached hydrogens (tertiary/aromatic N) is 1. The fourth-order valence-corrected chi connectivity index (χ4v) is 3.31. The molecular formula is C18H20N2O3. The fourth-order valence-electron chi connectivity index (χ4n) is 3.31. The van der Waals surface area contributed by atoms with Crippen LogP contribution in [0.4, 0.5) is 0 Å². The van der Waals surface area contributed by atoms with Gasteiger partial charge < -0.3 is 10.1 Å². The summed E-state index contributed by atoms with van der Waals surface area (Å²) < 4.78 is 5.22. The van der Waals surface area contributed by atoms with Gasteiger partial charge in [0, 0.05) is 0 Å². The Morgan fingerprint density at radius 2 is 1.78 bits per heavy atom. The predicted octanol–water partition coefficient (Wildman–Crippen LogP) is 2.21. The second-order valence-corrected chi connectivity index (χ2v) is 6.47. The monoisotopic (exact) mass is 312 g/mol. The summed E-state index contributed by atoms with van der Waals surface area (Å²) in [7, 11) is 0. The number of nitrogens with one attached hydrogen (secondary N) is 1. The molecule has 0 atom stereocenters. The van der Waals surface area contributed by atoms with Crippen LogP contribution in [0.1, 0.15) is 44.1 Å². The van der Waals surface area contributed by atoms with E-state index < -0.39 is 16.9 Å². The van der Waals surface area contributed by atoms with Crippen molar-refractivity contribution >= 4 is 11.9 Å². The normalized spacial score (nSPS) is 20.3. The summed E-state index contributed by atoms with van der Waals surface area (Å²) in [5, 5.41) is 12.0. The van der Waals surface area contributed by atoms with E-state index in [-0.39, 0.29) is 12.6 Å². The molecule has 1 N–H and O–H groups in total. The van der Waals surface area contributed by atoms with Crippen LogP contribution in [0.15, 0.2) is 30.3 Å². The zero-order chi connectivity index (χ0) is 16.3. The average molecular weight is 312 g/mol. The van der Waals surface area contributed by atoms with Crippen LogP contribution in [0.2, 0.25) is 0 Å². The van der Waals surface area contributed by atoms with Crippen molar-refractivity contribution in [3.63, 3.8) is 0 Å². The molecule has 0 saturated heterocycles. The van der Waals surface area contributed by atoms with Gasteiger partial charge >= 0.3 is 5.97 Å². The zero-order valence-corrected chi connectivity index (χ0v) is 13.0. The van der Waals surface area contributed by atoms with Crippen LogP contribution in [0.5, 0.6) is 0 Å². The topological polar surface area (TPSA) is 79.2 Å². The van der Waals surface area contributed by atoms with E-state index in [0.717, 1.165) is 31.2 Å². The van der Waals surface area contributed by atoms with E-state index in [2.05, 4.69) is 11.4 Å². The van der Waals surface area contributed by atoms with Gasteiger partial charge in [-0.25, -0.2) is 0 Å². The molecule has 0 heterocycles. The summed E-state index contributed by atoms with van der Waals surface area (Å²) in [6.45, 7) is -0.323. The Kier molecular flexibility index (Phi) is 4.08. The third-order valence-corrected chi connectivity index (χ3v) is 4.85. The first kappa shape index (κ1) is 15.5. The number of hydrogen-bond acceptors (Lipinski definition) is 4. The van der Waals surface area contributed by atoms with Crippen molar-refractivity contribution < 1.29 is 14.3 Å². The Morgan fingerprint density at radius 1 is 1.13 bits per heavy atom. The maximum absolute atomic E-state index is 12.4. The highest BCUT2D eigenvalue weighted by molar-refractivity contribution is 5.89. The minimum absolute atomic E-state index is 0.323. The summed E-state index contributed by atoms with van der Waals surface area (Å²) in [6.07, 6.45) is 4.70. The molecule has 5 heteroatoms. The molecule has 2 aliphatic carbocycles. The van der Waals surface area contributed by atoms with Crippen molar-refractivity contribution in [2.24, 2.45) is 0 Å². The van der Waals surface area contributed by atoms with E-state index in [1.54, 1.807) is 0 Å². The van der Waals surface area contributed by atoms with E-state index >= 15 is 0 Å². The molecule has 1 amide bonds. The molecule has 2 fully saturated rings. The number of carbonyl (C=O) groups excluding carboxylic acids is 2. The molecule has 0 aromatic heterocycles. The lowest BCUT2D eigenvalue weighted by Gasteiger charge is -2.22. The van der Waals surface area contributed by atoms with Crippen LogP contribution in [-0.2, 0) is 19.7 Å². The lowest BCUT2D eigenvalue weighted by Crippen LogP contribution is -2.47. The van der Waals surface area contributed by atoms with Crippen LogP contribution in [0.3, 0.4) is 0 Å². The SMILES string of the molecule is N#CC1(NC(=O)COC(=O)C2(c3ccccc3)CC2)CCCC1. The van der Waals surface area contributed by atoms with Gasteiger partial charge in [-0.1, -0.05) is 30.3 Å². The van der Waals surface area contributed by atoms with Gasteiger partial charge in [0.05, 0.1) is 11.5 Å². The van der Waals surface area contributed by atoms with Gasteiger partial charge in [-0.05, 0) is 44.1 Å². The minimum Gasteiger partial charge on any atom is -0.455 e. The number of rotatable bonds is 5. The van der Waals surface area contributed by atoms with E-state index in [0.29, 0.717) is 12.8 Å². The quantitative estimate of drug-likeness (QED) is 0.845. The molecule has 2 saturated carbocycles. The number of amides is 1. The van der Waals surface area contributed by atoms with E-state index in [4.69, 9.17) is 4.74 Å².